The van der Waals surface area contributed by atoms with Gasteiger partial charge in [-0.25, -0.2) is 0 Å². The first-order chi connectivity index (χ1) is 15.7. The average Bonchev–Trinajstić information content (AvgIpc) is 3.09. The average molecular weight is 452 g/mol. The molecule has 3 aromatic rings. The molecule has 1 aliphatic rings. The normalized spacial score (nSPS) is 17.9. The highest BCUT2D eigenvalue weighted by Crippen LogP contribution is 2.42. The highest BCUT2D eigenvalue weighted by molar-refractivity contribution is 6.51. The molecule has 0 radical (unpaired) electrons. The van der Waals surface area contributed by atoms with Crippen LogP contribution < -0.4 is 15.4 Å². The van der Waals surface area contributed by atoms with E-state index in [1.54, 1.807) is 54.6 Å². The van der Waals surface area contributed by atoms with Gasteiger partial charge in [0.15, 0.2) is 0 Å². The van der Waals surface area contributed by atoms with Crippen molar-refractivity contribution >= 4 is 23.1 Å². The molecule has 0 spiro atoms. The lowest BCUT2D eigenvalue weighted by atomic mass is 9.94. The molecular weight excluding hydrogens is 433 g/mol. The lowest BCUT2D eigenvalue weighted by Crippen LogP contribution is -2.29. The van der Waals surface area contributed by atoms with Crippen LogP contribution in [0.5, 0.6) is 5.75 Å². The van der Waals surface area contributed by atoms with Crippen LogP contribution in [-0.4, -0.2) is 18.8 Å². The molecule has 0 bridgehead atoms. The topological polar surface area (TPSA) is 72.6 Å². The Hall–Kier alpha value is -4.07. The highest BCUT2D eigenvalue weighted by Gasteiger charge is 2.46. The molecule has 1 fully saturated rings. The number of Topliss-reactive ketones (excluding diaryl/α,β-unsaturated/α-hetero) is 1. The number of ether oxygens (including phenoxy) is 1. The van der Waals surface area contributed by atoms with Crippen LogP contribution in [0.3, 0.4) is 0 Å². The van der Waals surface area contributed by atoms with Crippen molar-refractivity contribution in [2.75, 3.05) is 12.0 Å². The van der Waals surface area contributed by atoms with Gasteiger partial charge in [-0.2, -0.15) is 13.2 Å². The van der Waals surface area contributed by atoms with Crippen molar-refractivity contribution in [2.24, 2.45) is 5.73 Å². The summed E-state index contributed by atoms with van der Waals surface area (Å²) < 4.78 is 44.2. The van der Waals surface area contributed by atoms with Crippen molar-refractivity contribution in [1.29, 1.82) is 0 Å². The second kappa shape index (κ2) is 8.46. The molecule has 1 amide bonds. The number of rotatable bonds is 4. The van der Waals surface area contributed by atoms with Crippen molar-refractivity contribution < 1.29 is 27.5 Å². The SMILES string of the molecule is COc1ccc(/C(N)=C2/C(=O)C(=O)N(c3ccc(C(F)(F)F)cc3)C2c2ccccc2)cc1. The van der Waals surface area contributed by atoms with Gasteiger partial charge in [0.1, 0.15) is 5.75 Å². The predicted octanol–water partition coefficient (Wildman–Crippen LogP) is 4.74. The number of nitrogens with two attached hydrogens (primary N) is 1. The molecule has 3 aromatic carbocycles. The minimum Gasteiger partial charge on any atom is -0.497 e. The van der Waals surface area contributed by atoms with Crippen LogP contribution in [0, 0.1) is 0 Å². The molecule has 0 aromatic heterocycles. The lowest BCUT2D eigenvalue weighted by Gasteiger charge is -2.26. The zero-order valence-corrected chi connectivity index (χ0v) is 17.5. The molecule has 168 valence electrons. The summed E-state index contributed by atoms with van der Waals surface area (Å²) in [6.07, 6.45) is -4.52. The van der Waals surface area contributed by atoms with Gasteiger partial charge < -0.3 is 10.5 Å². The Morgan fingerprint density at radius 1 is 0.909 bits per heavy atom. The van der Waals surface area contributed by atoms with Gasteiger partial charge in [0.05, 0.1) is 24.3 Å². The van der Waals surface area contributed by atoms with Crippen LogP contribution in [0.1, 0.15) is 22.7 Å². The highest BCUT2D eigenvalue weighted by atomic mass is 19.4. The van der Waals surface area contributed by atoms with Crippen LogP contribution in [0.15, 0.2) is 84.4 Å². The van der Waals surface area contributed by atoms with Crippen molar-refractivity contribution in [1.82, 2.24) is 0 Å². The molecule has 0 aliphatic carbocycles. The molecule has 1 atom stereocenters. The zero-order chi connectivity index (χ0) is 23.8. The molecular formula is C25H19F3N2O3. The van der Waals surface area contributed by atoms with E-state index in [9.17, 15) is 22.8 Å². The first-order valence-electron chi connectivity index (χ1n) is 9.96. The minimum absolute atomic E-state index is 0.0660. The van der Waals surface area contributed by atoms with Crippen LogP contribution in [0.25, 0.3) is 5.70 Å². The lowest BCUT2D eigenvalue weighted by molar-refractivity contribution is -0.137. The Kier molecular flexibility index (Phi) is 5.68. The Morgan fingerprint density at radius 3 is 2.06 bits per heavy atom. The third kappa shape index (κ3) is 4.07. The summed E-state index contributed by atoms with van der Waals surface area (Å²) in [6, 6.07) is 18.6. The third-order valence-corrected chi connectivity index (χ3v) is 5.47. The maximum atomic E-state index is 13.1. The van der Waals surface area contributed by atoms with E-state index < -0.39 is 29.5 Å². The summed E-state index contributed by atoms with van der Waals surface area (Å²) >= 11 is 0. The van der Waals surface area contributed by atoms with E-state index in [2.05, 4.69) is 0 Å². The van der Waals surface area contributed by atoms with E-state index in [4.69, 9.17) is 10.5 Å². The predicted molar refractivity (Wildman–Crippen MR) is 117 cm³/mol. The fourth-order valence-electron chi connectivity index (χ4n) is 3.82. The minimum atomic E-state index is -4.52. The number of benzene rings is 3. The smallest absolute Gasteiger partial charge is 0.416 e. The number of alkyl halides is 3. The van der Waals surface area contributed by atoms with E-state index in [1.165, 1.54) is 24.1 Å². The quantitative estimate of drug-likeness (QED) is 0.459. The molecule has 5 nitrogen and oxygen atoms in total. The van der Waals surface area contributed by atoms with Crippen LogP contribution in [-0.2, 0) is 15.8 Å². The first kappa shape index (κ1) is 22.1. The molecule has 1 aliphatic heterocycles. The van der Waals surface area contributed by atoms with Gasteiger partial charge in [-0.3, -0.25) is 14.5 Å². The summed E-state index contributed by atoms with van der Waals surface area (Å²) in [6.45, 7) is 0. The summed E-state index contributed by atoms with van der Waals surface area (Å²) in [5.74, 6) is -1.08. The van der Waals surface area contributed by atoms with Crippen LogP contribution >= 0.6 is 0 Å². The van der Waals surface area contributed by atoms with E-state index in [0.717, 1.165) is 12.1 Å². The molecule has 8 heteroatoms. The first-order valence-corrected chi connectivity index (χ1v) is 9.96. The second-order valence-corrected chi connectivity index (χ2v) is 7.42. The van der Waals surface area contributed by atoms with E-state index >= 15 is 0 Å². The van der Waals surface area contributed by atoms with Gasteiger partial charge >= 0.3 is 6.18 Å². The third-order valence-electron chi connectivity index (χ3n) is 5.47. The Labute approximate surface area is 187 Å². The van der Waals surface area contributed by atoms with E-state index in [-0.39, 0.29) is 17.0 Å². The molecule has 2 N–H and O–H groups in total. The summed E-state index contributed by atoms with van der Waals surface area (Å²) in [7, 11) is 1.52. The van der Waals surface area contributed by atoms with Gasteiger partial charge in [0.25, 0.3) is 11.7 Å². The number of anilines is 1. The fourth-order valence-corrected chi connectivity index (χ4v) is 3.82. The Morgan fingerprint density at radius 2 is 1.52 bits per heavy atom. The molecule has 33 heavy (non-hydrogen) atoms. The number of hydrogen-bond donors (Lipinski definition) is 1. The van der Waals surface area contributed by atoms with E-state index in [1.807, 2.05) is 0 Å². The number of methoxy groups -OCH3 is 1. The van der Waals surface area contributed by atoms with Gasteiger partial charge in [-0.1, -0.05) is 30.3 Å². The maximum Gasteiger partial charge on any atom is 0.416 e. The molecule has 0 saturated carbocycles. The van der Waals surface area contributed by atoms with Gasteiger partial charge in [0.2, 0.25) is 0 Å². The monoisotopic (exact) mass is 452 g/mol. The number of halogens is 3. The number of carbonyl (C=O) groups excluding carboxylic acids is 2. The molecule has 4 rings (SSSR count). The number of nitrogens with zero attached hydrogens (tertiary/aromatic N) is 1. The van der Waals surface area contributed by atoms with Crippen LogP contribution in [0.4, 0.5) is 18.9 Å². The number of hydrogen-bond acceptors (Lipinski definition) is 4. The number of ketones is 1. The maximum absolute atomic E-state index is 13.1. The molecule has 1 unspecified atom stereocenters. The number of carbonyl (C=O) groups is 2. The summed E-state index contributed by atoms with van der Waals surface area (Å²) in [5.41, 5.74) is 6.98. The van der Waals surface area contributed by atoms with Crippen LogP contribution in [0.2, 0.25) is 0 Å². The Balaban J connectivity index is 1.87. The molecule has 1 heterocycles. The van der Waals surface area contributed by atoms with E-state index in [0.29, 0.717) is 16.9 Å². The summed E-state index contributed by atoms with van der Waals surface area (Å²) in [4.78, 5) is 27.3. The zero-order valence-electron chi connectivity index (χ0n) is 17.5. The van der Waals surface area contributed by atoms with Crippen molar-refractivity contribution in [3.63, 3.8) is 0 Å². The number of amides is 1. The second-order valence-electron chi connectivity index (χ2n) is 7.42. The van der Waals surface area contributed by atoms with Crippen molar-refractivity contribution in [2.45, 2.75) is 12.2 Å². The summed E-state index contributed by atoms with van der Waals surface area (Å²) in [5, 5.41) is 0. The van der Waals surface area contributed by atoms with Crippen molar-refractivity contribution in [3.05, 3.63) is 101 Å². The standard InChI is InChI=1S/C25H19F3N2O3/c1-33-19-13-7-15(8-14-19)21(29)20-22(16-5-3-2-4-6-16)30(24(32)23(20)31)18-11-9-17(10-12-18)25(26,27)28/h2-14,22H,29H2,1H3/b21-20-. The molecule has 1 saturated heterocycles. The fraction of sp³-hybridized carbons (Fsp3) is 0.120. The van der Waals surface area contributed by atoms with Gasteiger partial charge in [-0.15, -0.1) is 0 Å². The Bertz CT molecular complexity index is 1220. The van der Waals surface area contributed by atoms with Gasteiger partial charge in [-0.05, 0) is 59.7 Å². The van der Waals surface area contributed by atoms with Gasteiger partial charge in [0, 0.05) is 11.4 Å². The van der Waals surface area contributed by atoms with Crippen molar-refractivity contribution in [3.8, 4) is 5.75 Å². The largest absolute Gasteiger partial charge is 0.497 e.